The molecule has 0 amide bonds. The highest BCUT2D eigenvalue weighted by Crippen LogP contribution is 2.35. The lowest BCUT2D eigenvalue weighted by atomic mass is 9.94. The normalized spacial score (nSPS) is 15.8. The van der Waals surface area contributed by atoms with Crippen molar-refractivity contribution in [3.05, 3.63) is 64.7 Å². The Morgan fingerprint density at radius 2 is 1.55 bits per heavy atom. The molecule has 1 saturated heterocycles. The summed E-state index contributed by atoms with van der Waals surface area (Å²) in [4.78, 5) is 1.91. The van der Waals surface area contributed by atoms with Crippen molar-refractivity contribution in [3.63, 3.8) is 0 Å². The number of hydrogen-bond acceptors (Lipinski definition) is 3. The van der Waals surface area contributed by atoms with Gasteiger partial charge in [-0.2, -0.15) is 0 Å². The van der Waals surface area contributed by atoms with Crippen LogP contribution in [-0.2, 0) is 0 Å². The van der Waals surface area contributed by atoms with Gasteiger partial charge in [0, 0.05) is 31.7 Å². The van der Waals surface area contributed by atoms with E-state index in [1.807, 2.05) is 4.90 Å². The summed E-state index contributed by atoms with van der Waals surface area (Å²) in [5, 5.41) is 3.17. The molecular weight excluding hydrogens is 438 g/mol. The van der Waals surface area contributed by atoms with E-state index in [1.165, 1.54) is 24.3 Å². The first-order chi connectivity index (χ1) is 12.8. The predicted molar refractivity (Wildman–Crippen MR) is 105 cm³/mol. The fourth-order valence-electron chi connectivity index (χ4n) is 3.28. The fourth-order valence-corrected chi connectivity index (χ4v) is 3.28. The Kier molecular flexibility index (Phi) is 9.14. The summed E-state index contributed by atoms with van der Waals surface area (Å²) in [5.41, 5.74) is 0.708. The number of piperazine rings is 1. The Hall–Kier alpha value is -1.61. The molecule has 3 rings (SSSR count). The molecule has 0 aliphatic carbocycles. The zero-order valence-corrected chi connectivity index (χ0v) is 17.1. The SMILES string of the molecule is Cc1ccc(F)c([C@@H](c2ccc(OC(F)(F)F)cc2)N2CCNCC2)c1F.Cl.Cl. The predicted octanol–water partition coefficient (Wildman–Crippen LogP) is 5.01. The van der Waals surface area contributed by atoms with Crippen LogP contribution in [0.2, 0.25) is 0 Å². The van der Waals surface area contributed by atoms with E-state index >= 15 is 0 Å². The maximum Gasteiger partial charge on any atom is 0.573 e. The van der Waals surface area contributed by atoms with E-state index in [1.54, 1.807) is 6.92 Å². The van der Waals surface area contributed by atoms with E-state index in [0.717, 1.165) is 12.1 Å². The van der Waals surface area contributed by atoms with Crippen molar-refractivity contribution < 1.29 is 26.7 Å². The van der Waals surface area contributed by atoms with Gasteiger partial charge in [-0.3, -0.25) is 4.90 Å². The van der Waals surface area contributed by atoms with Gasteiger partial charge in [0.1, 0.15) is 17.4 Å². The topological polar surface area (TPSA) is 24.5 Å². The van der Waals surface area contributed by atoms with Gasteiger partial charge in [0.25, 0.3) is 0 Å². The molecule has 0 bridgehead atoms. The monoisotopic (exact) mass is 458 g/mol. The van der Waals surface area contributed by atoms with Gasteiger partial charge >= 0.3 is 6.36 Å². The number of ether oxygens (including phenoxy) is 1. The van der Waals surface area contributed by atoms with Crippen molar-refractivity contribution in [3.8, 4) is 5.75 Å². The third-order valence-electron chi connectivity index (χ3n) is 4.54. The summed E-state index contributed by atoms with van der Waals surface area (Å²) in [6, 6.07) is 6.97. The largest absolute Gasteiger partial charge is 0.573 e. The first-order valence-corrected chi connectivity index (χ1v) is 8.51. The van der Waals surface area contributed by atoms with Gasteiger partial charge in [0.05, 0.1) is 6.04 Å². The molecule has 1 aliphatic heterocycles. The van der Waals surface area contributed by atoms with Crippen LogP contribution in [-0.4, -0.2) is 37.4 Å². The molecule has 1 fully saturated rings. The molecule has 0 radical (unpaired) electrons. The third-order valence-corrected chi connectivity index (χ3v) is 4.54. The molecular formula is C19H21Cl2F5N2O. The van der Waals surface area contributed by atoms with E-state index in [-0.39, 0.29) is 36.1 Å². The minimum absolute atomic E-state index is 0. The van der Waals surface area contributed by atoms with Gasteiger partial charge in [-0.05, 0) is 36.2 Å². The van der Waals surface area contributed by atoms with Crippen LogP contribution in [0, 0.1) is 18.6 Å². The second kappa shape index (κ2) is 10.4. The molecule has 162 valence electrons. The van der Waals surface area contributed by atoms with Crippen LogP contribution in [0.1, 0.15) is 22.7 Å². The second-order valence-corrected chi connectivity index (χ2v) is 6.40. The molecule has 1 atom stereocenters. The highest BCUT2D eigenvalue weighted by Gasteiger charge is 2.32. The lowest BCUT2D eigenvalue weighted by Gasteiger charge is -2.36. The number of nitrogens with zero attached hydrogens (tertiary/aromatic N) is 1. The molecule has 0 unspecified atom stereocenters. The van der Waals surface area contributed by atoms with Gasteiger partial charge in [-0.15, -0.1) is 38.0 Å². The maximum atomic E-state index is 14.8. The third kappa shape index (κ3) is 6.18. The highest BCUT2D eigenvalue weighted by molar-refractivity contribution is 5.85. The van der Waals surface area contributed by atoms with Gasteiger partial charge in [-0.25, -0.2) is 8.78 Å². The summed E-state index contributed by atoms with van der Waals surface area (Å²) in [6.45, 7) is 3.96. The smallest absolute Gasteiger partial charge is 0.406 e. The number of alkyl halides is 3. The summed E-state index contributed by atoms with van der Waals surface area (Å²) >= 11 is 0. The van der Waals surface area contributed by atoms with Crippen molar-refractivity contribution in [1.82, 2.24) is 10.2 Å². The Balaban J connectivity index is 0.00000210. The van der Waals surface area contributed by atoms with Crippen LogP contribution in [0.5, 0.6) is 5.75 Å². The summed E-state index contributed by atoms with van der Waals surface area (Å²) in [6.07, 6.45) is -4.80. The van der Waals surface area contributed by atoms with Crippen LogP contribution < -0.4 is 10.1 Å². The van der Waals surface area contributed by atoms with Crippen LogP contribution >= 0.6 is 24.8 Å². The lowest BCUT2D eigenvalue weighted by molar-refractivity contribution is -0.274. The van der Waals surface area contributed by atoms with Crippen molar-refractivity contribution in [2.75, 3.05) is 26.2 Å². The minimum atomic E-state index is -4.80. The van der Waals surface area contributed by atoms with Crippen molar-refractivity contribution in [2.24, 2.45) is 0 Å². The van der Waals surface area contributed by atoms with Crippen molar-refractivity contribution in [2.45, 2.75) is 19.3 Å². The van der Waals surface area contributed by atoms with Gasteiger partial charge in [-0.1, -0.05) is 18.2 Å². The first kappa shape index (κ1) is 25.4. The second-order valence-electron chi connectivity index (χ2n) is 6.40. The van der Waals surface area contributed by atoms with Gasteiger partial charge in [0.2, 0.25) is 0 Å². The number of halogens is 7. The average Bonchev–Trinajstić information content (AvgIpc) is 2.62. The number of hydrogen-bond donors (Lipinski definition) is 1. The average molecular weight is 459 g/mol. The van der Waals surface area contributed by atoms with E-state index in [4.69, 9.17) is 0 Å². The van der Waals surface area contributed by atoms with Gasteiger partial charge in [0.15, 0.2) is 0 Å². The maximum absolute atomic E-state index is 14.8. The van der Waals surface area contributed by atoms with Gasteiger partial charge < -0.3 is 10.1 Å². The van der Waals surface area contributed by atoms with E-state index in [2.05, 4.69) is 10.1 Å². The van der Waals surface area contributed by atoms with Crippen LogP contribution in [0.25, 0.3) is 0 Å². The lowest BCUT2D eigenvalue weighted by Crippen LogP contribution is -2.45. The Labute approximate surface area is 178 Å². The number of rotatable bonds is 4. The minimum Gasteiger partial charge on any atom is -0.406 e. The van der Waals surface area contributed by atoms with Crippen LogP contribution in [0.3, 0.4) is 0 Å². The van der Waals surface area contributed by atoms with Crippen LogP contribution in [0.4, 0.5) is 22.0 Å². The Bertz CT molecular complexity index is 796. The summed E-state index contributed by atoms with van der Waals surface area (Å²) in [7, 11) is 0. The highest BCUT2D eigenvalue weighted by atomic mass is 35.5. The molecule has 0 spiro atoms. The fraction of sp³-hybridized carbons (Fsp3) is 0.368. The van der Waals surface area contributed by atoms with Crippen molar-refractivity contribution in [1.29, 1.82) is 0 Å². The zero-order chi connectivity index (χ0) is 19.6. The molecule has 3 nitrogen and oxygen atoms in total. The van der Waals surface area contributed by atoms with E-state index < -0.39 is 24.0 Å². The van der Waals surface area contributed by atoms with E-state index in [9.17, 15) is 22.0 Å². The quantitative estimate of drug-likeness (QED) is 0.651. The first-order valence-electron chi connectivity index (χ1n) is 8.51. The molecule has 1 N–H and O–H groups in total. The molecule has 1 aliphatic rings. The zero-order valence-electron chi connectivity index (χ0n) is 15.4. The Morgan fingerprint density at radius 1 is 0.966 bits per heavy atom. The summed E-state index contributed by atoms with van der Waals surface area (Å²) < 4.78 is 70.4. The number of benzene rings is 2. The van der Waals surface area contributed by atoms with E-state index in [0.29, 0.717) is 37.3 Å². The van der Waals surface area contributed by atoms with Crippen LogP contribution in [0.15, 0.2) is 36.4 Å². The van der Waals surface area contributed by atoms with Crippen molar-refractivity contribution >= 4 is 24.8 Å². The summed E-state index contributed by atoms with van der Waals surface area (Å²) in [5.74, 6) is -1.71. The molecule has 0 aromatic heterocycles. The molecule has 29 heavy (non-hydrogen) atoms. The molecule has 1 heterocycles. The molecule has 0 saturated carbocycles. The molecule has 2 aromatic rings. The molecule has 2 aromatic carbocycles. The standard InChI is InChI=1S/C19H19F5N2O.2ClH/c1-12-2-7-15(20)16(17(12)21)18(26-10-8-25-9-11-26)13-3-5-14(6-4-13)27-19(22,23)24;;/h2-7,18,25H,8-11H2,1H3;2*1H/t18-;;/m1../s1. The number of aryl methyl sites for hydroxylation is 1. The number of nitrogens with one attached hydrogen (secondary N) is 1. The molecule has 10 heteroatoms. The Morgan fingerprint density at radius 3 is 2.10 bits per heavy atom.